The van der Waals surface area contributed by atoms with Gasteiger partial charge in [0.2, 0.25) is 0 Å². The van der Waals surface area contributed by atoms with Crippen LogP contribution in [0, 0.1) is 57.7 Å². The summed E-state index contributed by atoms with van der Waals surface area (Å²) in [4.78, 5) is 0. The van der Waals surface area contributed by atoms with Crippen molar-refractivity contribution in [1.82, 2.24) is 0 Å². The third kappa shape index (κ3) is 3.55. The van der Waals surface area contributed by atoms with Gasteiger partial charge in [0.15, 0.2) is 0 Å². The van der Waals surface area contributed by atoms with E-state index in [-0.39, 0.29) is 0 Å². The summed E-state index contributed by atoms with van der Waals surface area (Å²) < 4.78 is 0. The molecule has 172 valence electrons. The zero-order chi connectivity index (χ0) is 21.9. The summed E-state index contributed by atoms with van der Waals surface area (Å²) in [7, 11) is 0. The van der Waals surface area contributed by atoms with Crippen LogP contribution in [0.5, 0.6) is 0 Å². The second kappa shape index (κ2) is 7.95. The normalized spacial score (nSPS) is 48.9. The van der Waals surface area contributed by atoms with Gasteiger partial charge < -0.3 is 0 Å². The molecule has 0 bridgehead atoms. The van der Waals surface area contributed by atoms with E-state index < -0.39 is 0 Å². The summed E-state index contributed by atoms with van der Waals surface area (Å²) >= 11 is 0. The van der Waals surface area contributed by atoms with Gasteiger partial charge in [0.05, 0.1) is 0 Å². The highest BCUT2D eigenvalue weighted by molar-refractivity contribution is 5.18. The third-order valence-electron chi connectivity index (χ3n) is 11.8. The Morgan fingerprint density at radius 1 is 0.900 bits per heavy atom. The lowest BCUT2D eigenvalue weighted by atomic mass is 9.47. The van der Waals surface area contributed by atoms with E-state index in [0.29, 0.717) is 16.2 Å². The van der Waals surface area contributed by atoms with E-state index in [9.17, 15) is 0 Å². The maximum Gasteiger partial charge on any atom is -0.0114 e. The maximum atomic E-state index is 4.43. The lowest BCUT2D eigenvalue weighted by Crippen LogP contribution is -2.51. The Hall–Kier alpha value is -0.260. The number of allylic oxidation sites excluding steroid dienone is 1. The first kappa shape index (κ1) is 22.9. The Balaban J connectivity index is 1.49. The molecule has 0 N–H and O–H groups in total. The zero-order valence-corrected chi connectivity index (χ0v) is 21.5. The first-order valence-corrected chi connectivity index (χ1v) is 13.7. The average molecular weight is 413 g/mol. The number of fused-ring (bicyclic) bond motifs is 5. The van der Waals surface area contributed by atoms with Crippen LogP contribution in [0.2, 0.25) is 0 Å². The minimum absolute atomic E-state index is 0.401. The van der Waals surface area contributed by atoms with Crippen molar-refractivity contribution in [3.8, 4) is 0 Å². The van der Waals surface area contributed by atoms with Crippen LogP contribution in [0.15, 0.2) is 12.2 Å². The van der Waals surface area contributed by atoms with Gasteiger partial charge in [-0.2, -0.15) is 0 Å². The van der Waals surface area contributed by atoms with Crippen molar-refractivity contribution in [3.05, 3.63) is 12.2 Å². The second-order valence-corrected chi connectivity index (χ2v) is 13.9. The average Bonchev–Trinajstić information content (AvgIpc) is 3.15. The molecule has 4 aliphatic rings. The Morgan fingerprint density at radius 2 is 1.60 bits per heavy atom. The molecule has 0 nitrogen and oxygen atoms in total. The molecular formula is C30H52. The Morgan fingerprint density at radius 3 is 2.27 bits per heavy atom. The van der Waals surface area contributed by atoms with E-state index >= 15 is 0 Å². The molecule has 0 heterocycles. The molecule has 0 aliphatic heterocycles. The standard InChI is InChI=1S/C30H52/c1-20(2)10-9-11-22(5)25-14-15-26-24-13-12-23-18-28(6,21(3)4)19-30(23,8)27(24)16-17-29(25,26)7/h20,22-27H,3,9-19H2,1-2,4-8H3/t22-,23+,24+,25-,26+,27+,28-,29-,30+/m1/s1. The fraction of sp³-hybridized carbons (Fsp3) is 0.933. The molecule has 4 fully saturated rings. The third-order valence-corrected chi connectivity index (χ3v) is 11.8. The smallest absolute Gasteiger partial charge is 0.0114 e. The molecule has 4 saturated carbocycles. The maximum absolute atomic E-state index is 4.43. The topological polar surface area (TPSA) is 0 Å². The summed E-state index contributed by atoms with van der Waals surface area (Å²) in [6, 6.07) is 0. The van der Waals surface area contributed by atoms with Gasteiger partial charge in [-0.1, -0.05) is 73.0 Å². The summed E-state index contributed by atoms with van der Waals surface area (Å²) in [6.45, 7) is 22.1. The van der Waals surface area contributed by atoms with Gasteiger partial charge >= 0.3 is 0 Å². The van der Waals surface area contributed by atoms with E-state index in [2.05, 4.69) is 55.0 Å². The summed E-state index contributed by atoms with van der Waals surface area (Å²) in [6.07, 6.45) is 16.3. The quantitative estimate of drug-likeness (QED) is 0.381. The van der Waals surface area contributed by atoms with Gasteiger partial charge in [0, 0.05) is 0 Å². The molecule has 0 aromatic rings. The van der Waals surface area contributed by atoms with Crippen LogP contribution in [-0.4, -0.2) is 0 Å². The molecule has 0 saturated heterocycles. The van der Waals surface area contributed by atoms with Crippen LogP contribution in [0.3, 0.4) is 0 Å². The molecule has 0 aromatic heterocycles. The lowest BCUT2D eigenvalue weighted by Gasteiger charge is -2.58. The number of hydrogen-bond donors (Lipinski definition) is 0. The predicted molar refractivity (Wildman–Crippen MR) is 131 cm³/mol. The SMILES string of the molecule is C=C(C)[C@]1(C)C[C@@H]2CC[C@@H]3[C@H](CC[C@]4(C)[C@@H]([C@H](C)CCCC(C)C)CC[C@@H]34)[C@@]2(C)C1. The molecule has 0 radical (unpaired) electrons. The zero-order valence-electron chi connectivity index (χ0n) is 21.5. The molecule has 0 spiro atoms. The van der Waals surface area contributed by atoms with E-state index in [4.69, 9.17) is 0 Å². The molecule has 0 amide bonds. The summed E-state index contributed by atoms with van der Waals surface area (Å²) in [5.41, 5.74) is 3.07. The lowest BCUT2D eigenvalue weighted by molar-refractivity contribution is -0.0910. The fourth-order valence-corrected chi connectivity index (χ4v) is 9.95. The highest BCUT2D eigenvalue weighted by atomic mass is 14.7. The number of hydrogen-bond acceptors (Lipinski definition) is 0. The van der Waals surface area contributed by atoms with Crippen molar-refractivity contribution in [2.45, 2.75) is 119 Å². The minimum Gasteiger partial charge on any atom is -0.0996 e. The van der Waals surface area contributed by atoms with Crippen molar-refractivity contribution >= 4 is 0 Å². The monoisotopic (exact) mass is 412 g/mol. The van der Waals surface area contributed by atoms with Gasteiger partial charge in [0.1, 0.15) is 0 Å². The molecule has 4 aliphatic carbocycles. The van der Waals surface area contributed by atoms with Crippen LogP contribution in [-0.2, 0) is 0 Å². The van der Waals surface area contributed by atoms with Gasteiger partial charge in [-0.3, -0.25) is 0 Å². The molecule has 9 atom stereocenters. The predicted octanol–water partition coefficient (Wildman–Crippen LogP) is 9.30. The molecule has 0 unspecified atom stereocenters. The molecule has 4 rings (SSSR count). The van der Waals surface area contributed by atoms with Crippen molar-refractivity contribution in [2.75, 3.05) is 0 Å². The van der Waals surface area contributed by atoms with Crippen LogP contribution in [0.4, 0.5) is 0 Å². The van der Waals surface area contributed by atoms with E-state index in [1.165, 1.54) is 76.2 Å². The van der Waals surface area contributed by atoms with Crippen LogP contribution in [0.1, 0.15) is 119 Å². The molecule has 0 heteroatoms. The fourth-order valence-electron chi connectivity index (χ4n) is 9.95. The van der Waals surface area contributed by atoms with E-state index in [1.54, 1.807) is 0 Å². The highest BCUT2D eigenvalue weighted by Gasteiger charge is 2.63. The van der Waals surface area contributed by atoms with Crippen LogP contribution >= 0.6 is 0 Å². The van der Waals surface area contributed by atoms with Crippen LogP contribution < -0.4 is 0 Å². The van der Waals surface area contributed by atoms with E-state index in [1.807, 2.05) is 0 Å². The largest absolute Gasteiger partial charge is 0.0996 e. The van der Waals surface area contributed by atoms with Crippen LogP contribution in [0.25, 0.3) is 0 Å². The van der Waals surface area contributed by atoms with Gasteiger partial charge in [-0.05, 0) is 116 Å². The number of rotatable bonds is 6. The summed E-state index contributed by atoms with van der Waals surface area (Å²) in [5, 5.41) is 0. The van der Waals surface area contributed by atoms with Gasteiger partial charge in [-0.25, -0.2) is 0 Å². The van der Waals surface area contributed by atoms with Crippen molar-refractivity contribution in [2.24, 2.45) is 57.7 Å². The second-order valence-electron chi connectivity index (χ2n) is 13.9. The van der Waals surface area contributed by atoms with E-state index in [0.717, 1.165) is 41.4 Å². The van der Waals surface area contributed by atoms with Gasteiger partial charge in [-0.15, -0.1) is 0 Å². The summed E-state index contributed by atoms with van der Waals surface area (Å²) in [5.74, 6) is 6.77. The van der Waals surface area contributed by atoms with Crippen molar-refractivity contribution < 1.29 is 0 Å². The Kier molecular flexibility index (Phi) is 6.07. The first-order chi connectivity index (χ1) is 14.0. The molecule has 0 aromatic carbocycles. The minimum atomic E-state index is 0.401. The first-order valence-electron chi connectivity index (χ1n) is 13.7. The highest BCUT2D eigenvalue weighted by Crippen LogP contribution is 2.71. The van der Waals surface area contributed by atoms with Crippen molar-refractivity contribution in [3.63, 3.8) is 0 Å². The molecular weight excluding hydrogens is 360 g/mol. The Labute approximate surface area is 189 Å². The molecule has 30 heavy (non-hydrogen) atoms. The Bertz CT molecular complexity index is 644. The van der Waals surface area contributed by atoms with Gasteiger partial charge in [0.25, 0.3) is 0 Å². The van der Waals surface area contributed by atoms with Crippen molar-refractivity contribution in [1.29, 1.82) is 0 Å².